The number of nitrogens with one attached hydrogen (secondary N) is 1. The fraction of sp³-hybridized carbons (Fsp3) is 0.562. The molecule has 4 heteroatoms. The van der Waals surface area contributed by atoms with Crippen LogP contribution in [-0.2, 0) is 6.42 Å². The molecule has 0 saturated carbocycles. The number of piperidine rings is 1. The van der Waals surface area contributed by atoms with Crippen molar-refractivity contribution in [2.24, 2.45) is 5.92 Å². The second-order valence-corrected chi connectivity index (χ2v) is 5.70. The third-order valence-electron chi connectivity index (χ3n) is 4.05. The predicted molar refractivity (Wildman–Crippen MR) is 83.5 cm³/mol. The summed E-state index contributed by atoms with van der Waals surface area (Å²) < 4.78 is 0. The molecule has 1 fully saturated rings. The van der Waals surface area contributed by atoms with Crippen LogP contribution in [0.1, 0.15) is 25.3 Å². The van der Waals surface area contributed by atoms with E-state index in [0.29, 0.717) is 12.1 Å². The van der Waals surface area contributed by atoms with E-state index < -0.39 is 0 Å². The van der Waals surface area contributed by atoms with Crippen LogP contribution in [0.15, 0.2) is 18.2 Å². The summed E-state index contributed by atoms with van der Waals surface area (Å²) >= 11 is 0. The molecule has 0 atom stereocenters. The molecule has 108 valence electrons. The number of nitrogen functional groups attached to an aromatic ring is 1. The molecule has 0 aliphatic carbocycles. The van der Waals surface area contributed by atoms with Crippen LogP contribution in [0.2, 0.25) is 0 Å². The Hall–Kier alpha value is -1.73. The van der Waals surface area contributed by atoms with Crippen LogP contribution in [0.25, 0.3) is 0 Å². The van der Waals surface area contributed by atoms with Gasteiger partial charge in [-0.15, -0.1) is 0 Å². The van der Waals surface area contributed by atoms with Crippen molar-refractivity contribution in [2.45, 2.75) is 26.2 Å². The number of hydrogen-bond acceptors (Lipinski definition) is 4. The molecule has 1 aromatic rings. The van der Waals surface area contributed by atoms with Crippen LogP contribution in [0.5, 0.6) is 0 Å². The maximum Gasteiger partial charge on any atom is 0.0670 e. The second kappa shape index (κ2) is 7.16. The largest absolute Gasteiger partial charge is 0.398 e. The molecule has 0 spiro atoms. The average molecular weight is 272 g/mol. The maximum absolute atomic E-state index is 8.77. The fourth-order valence-corrected chi connectivity index (χ4v) is 2.60. The summed E-state index contributed by atoms with van der Waals surface area (Å²) in [6, 6.07) is 7.98. The van der Waals surface area contributed by atoms with Gasteiger partial charge >= 0.3 is 0 Å². The van der Waals surface area contributed by atoms with Crippen molar-refractivity contribution >= 4 is 11.4 Å². The van der Waals surface area contributed by atoms with Gasteiger partial charge in [-0.25, -0.2) is 0 Å². The van der Waals surface area contributed by atoms with Crippen molar-refractivity contribution in [1.82, 2.24) is 4.90 Å². The topological polar surface area (TPSA) is 65.1 Å². The first kappa shape index (κ1) is 14.7. The van der Waals surface area contributed by atoms with Gasteiger partial charge in [-0.1, -0.05) is 6.92 Å². The molecule has 1 saturated heterocycles. The van der Waals surface area contributed by atoms with E-state index in [4.69, 9.17) is 11.0 Å². The average Bonchev–Trinajstić information content (AvgIpc) is 2.45. The van der Waals surface area contributed by atoms with E-state index in [9.17, 15) is 0 Å². The fourth-order valence-electron chi connectivity index (χ4n) is 2.60. The van der Waals surface area contributed by atoms with E-state index in [1.165, 1.54) is 25.9 Å². The van der Waals surface area contributed by atoms with Crippen LogP contribution in [0.3, 0.4) is 0 Å². The molecular formula is C16H24N4. The summed E-state index contributed by atoms with van der Waals surface area (Å²) in [6.07, 6.45) is 2.99. The number of nitrogens with two attached hydrogens (primary N) is 1. The number of benzene rings is 1. The van der Waals surface area contributed by atoms with E-state index in [-0.39, 0.29) is 0 Å². The molecule has 1 aliphatic heterocycles. The first-order valence-electron chi connectivity index (χ1n) is 7.40. The van der Waals surface area contributed by atoms with Gasteiger partial charge in [-0.3, -0.25) is 0 Å². The lowest BCUT2D eigenvalue weighted by molar-refractivity contribution is 0.199. The minimum Gasteiger partial charge on any atom is -0.398 e. The van der Waals surface area contributed by atoms with Gasteiger partial charge in [0.2, 0.25) is 0 Å². The van der Waals surface area contributed by atoms with E-state index in [2.05, 4.69) is 23.2 Å². The highest BCUT2D eigenvalue weighted by Gasteiger charge is 2.14. The number of rotatable bonds is 5. The molecule has 4 nitrogen and oxygen atoms in total. The lowest BCUT2D eigenvalue weighted by Crippen LogP contribution is -2.36. The van der Waals surface area contributed by atoms with Gasteiger partial charge in [0.15, 0.2) is 0 Å². The van der Waals surface area contributed by atoms with E-state index in [1.54, 1.807) is 0 Å². The van der Waals surface area contributed by atoms with Crippen molar-refractivity contribution < 1.29 is 0 Å². The SMILES string of the molecule is CC1CCN(CCNc2ccc(N)c(CC#N)c2)CC1. The third-order valence-corrected chi connectivity index (χ3v) is 4.05. The zero-order valence-corrected chi connectivity index (χ0v) is 12.2. The molecule has 0 radical (unpaired) electrons. The molecule has 0 amide bonds. The molecule has 0 bridgehead atoms. The van der Waals surface area contributed by atoms with Gasteiger partial charge in [0.1, 0.15) is 0 Å². The molecule has 1 aliphatic rings. The Kier molecular flexibility index (Phi) is 5.25. The zero-order chi connectivity index (χ0) is 14.4. The van der Waals surface area contributed by atoms with Crippen LogP contribution in [0.4, 0.5) is 11.4 Å². The molecule has 0 aromatic heterocycles. The summed E-state index contributed by atoms with van der Waals surface area (Å²) in [5.74, 6) is 0.879. The Morgan fingerprint density at radius 2 is 2.15 bits per heavy atom. The lowest BCUT2D eigenvalue weighted by atomic mass is 9.99. The Bertz CT molecular complexity index is 470. The Labute approximate surface area is 121 Å². The van der Waals surface area contributed by atoms with Crippen molar-refractivity contribution in [3.05, 3.63) is 23.8 Å². The standard InChI is InChI=1S/C16H24N4/c1-13-5-9-20(10-6-13)11-8-19-15-2-3-16(18)14(12-15)4-7-17/h2-3,12-13,19H,4-6,8-11,18H2,1H3. The van der Waals surface area contributed by atoms with Crippen molar-refractivity contribution in [1.29, 1.82) is 5.26 Å². The van der Waals surface area contributed by atoms with Gasteiger partial charge in [0.05, 0.1) is 12.5 Å². The molecule has 20 heavy (non-hydrogen) atoms. The zero-order valence-electron chi connectivity index (χ0n) is 12.2. The van der Waals surface area contributed by atoms with Crippen LogP contribution in [-0.4, -0.2) is 31.1 Å². The van der Waals surface area contributed by atoms with Crippen LogP contribution < -0.4 is 11.1 Å². The van der Waals surface area contributed by atoms with Gasteiger partial charge in [-0.2, -0.15) is 5.26 Å². The van der Waals surface area contributed by atoms with Crippen molar-refractivity contribution in [3.8, 4) is 6.07 Å². The quantitative estimate of drug-likeness (QED) is 0.808. The number of likely N-dealkylation sites (tertiary alicyclic amines) is 1. The second-order valence-electron chi connectivity index (χ2n) is 5.70. The van der Waals surface area contributed by atoms with Crippen molar-refractivity contribution in [2.75, 3.05) is 37.2 Å². The highest BCUT2D eigenvalue weighted by atomic mass is 15.1. The molecular weight excluding hydrogens is 248 g/mol. The normalized spacial score (nSPS) is 16.8. The van der Waals surface area contributed by atoms with Crippen LogP contribution in [0, 0.1) is 17.2 Å². The van der Waals surface area contributed by atoms with E-state index in [0.717, 1.165) is 30.3 Å². The Balaban J connectivity index is 1.79. The summed E-state index contributed by atoms with van der Waals surface area (Å²) in [7, 11) is 0. The minimum atomic E-state index is 0.366. The van der Waals surface area contributed by atoms with Crippen molar-refractivity contribution in [3.63, 3.8) is 0 Å². The number of anilines is 2. The lowest BCUT2D eigenvalue weighted by Gasteiger charge is -2.30. The summed E-state index contributed by atoms with van der Waals surface area (Å²) in [6.45, 7) is 6.77. The molecule has 3 N–H and O–H groups in total. The molecule has 1 aromatic carbocycles. The van der Waals surface area contributed by atoms with E-state index in [1.807, 2.05) is 18.2 Å². The summed E-state index contributed by atoms with van der Waals surface area (Å²) in [5, 5.41) is 12.2. The van der Waals surface area contributed by atoms with Gasteiger partial charge in [-0.05, 0) is 55.6 Å². The number of hydrogen-bond donors (Lipinski definition) is 2. The van der Waals surface area contributed by atoms with Crippen LogP contribution >= 0.6 is 0 Å². The van der Waals surface area contributed by atoms with Gasteiger partial charge in [0.25, 0.3) is 0 Å². The predicted octanol–water partition coefficient (Wildman–Crippen LogP) is 2.48. The highest BCUT2D eigenvalue weighted by molar-refractivity contribution is 5.58. The minimum absolute atomic E-state index is 0.366. The number of nitriles is 1. The third kappa shape index (κ3) is 4.14. The van der Waals surface area contributed by atoms with Gasteiger partial charge in [0, 0.05) is 24.5 Å². The highest BCUT2D eigenvalue weighted by Crippen LogP contribution is 2.19. The first-order chi connectivity index (χ1) is 9.69. The molecule has 1 heterocycles. The number of nitrogens with zero attached hydrogens (tertiary/aromatic N) is 2. The summed E-state index contributed by atoms with van der Waals surface area (Å²) in [4.78, 5) is 2.51. The maximum atomic E-state index is 8.77. The Morgan fingerprint density at radius 3 is 2.85 bits per heavy atom. The van der Waals surface area contributed by atoms with E-state index >= 15 is 0 Å². The first-order valence-corrected chi connectivity index (χ1v) is 7.40. The molecule has 0 unspecified atom stereocenters. The summed E-state index contributed by atoms with van der Waals surface area (Å²) in [5.41, 5.74) is 8.50. The monoisotopic (exact) mass is 272 g/mol. The molecule has 2 rings (SSSR count). The smallest absolute Gasteiger partial charge is 0.0670 e. The van der Waals surface area contributed by atoms with Gasteiger partial charge < -0.3 is 16.0 Å². The Morgan fingerprint density at radius 1 is 1.40 bits per heavy atom.